The second-order valence-electron chi connectivity index (χ2n) is 4.81. The summed E-state index contributed by atoms with van der Waals surface area (Å²) in [6.45, 7) is 1.83. The molecule has 0 atom stereocenters. The van der Waals surface area contributed by atoms with E-state index in [2.05, 4.69) is 10.3 Å². The number of hydrogen-bond acceptors (Lipinski definition) is 4. The van der Waals surface area contributed by atoms with Gasteiger partial charge in [0, 0.05) is 43.0 Å². The summed E-state index contributed by atoms with van der Waals surface area (Å²) >= 11 is 0. The molecule has 0 saturated carbocycles. The average Bonchev–Trinajstić information content (AvgIpc) is 2.39. The Hall–Kier alpha value is -2.56. The van der Waals surface area contributed by atoms with Gasteiger partial charge in [0.15, 0.2) is 0 Å². The number of hydrogen-bond donors (Lipinski definition) is 2. The zero-order valence-corrected chi connectivity index (χ0v) is 11.8. The number of rotatable bonds is 3. The van der Waals surface area contributed by atoms with Crippen molar-refractivity contribution in [3.05, 3.63) is 47.8 Å². The number of amides is 1. The number of aryl methyl sites for hydroxylation is 1. The predicted octanol–water partition coefficient (Wildman–Crippen LogP) is 2.29. The van der Waals surface area contributed by atoms with E-state index in [0.29, 0.717) is 11.3 Å². The van der Waals surface area contributed by atoms with Gasteiger partial charge in [-0.2, -0.15) is 0 Å². The van der Waals surface area contributed by atoms with Gasteiger partial charge in [0.2, 0.25) is 0 Å². The zero-order chi connectivity index (χ0) is 14.7. The van der Waals surface area contributed by atoms with Gasteiger partial charge in [-0.25, -0.2) is 0 Å². The molecule has 0 saturated heterocycles. The minimum atomic E-state index is -0.257. The highest BCUT2D eigenvalue weighted by Crippen LogP contribution is 2.18. The topological polar surface area (TPSA) is 71.2 Å². The minimum Gasteiger partial charge on any atom is -0.398 e. The van der Waals surface area contributed by atoms with E-state index < -0.39 is 0 Å². The van der Waals surface area contributed by atoms with Crippen molar-refractivity contribution < 1.29 is 4.79 Å². The lowest BCUT2D eigenvalue weighted by molar-refractivity contribution is 0.102. The average molecular weight is 270 g/mol. The molecular weight excluding hydrogens is 252 g/mol. The highest BCUT2D eigenvalue weighted by Gasteiger charge is 2.10. The van der Waals surface area contributed by atoms with Gasteiger partial charge < -0.3 is 16.0 Å². The Bertz CT molecular complexity index is 620. The number of pyridine rings is 1. The van der Waals surface area contributed by atoms with Crippen LogP contribution in [0.4, 0.5) is 17.1 Å². The Morgan fingerprint density at radius 1 is 1.25 bits per heavy atom. The number of carbonyl (C=O) groups excluding carboxylic acids is 1. The van der Waals surface area contributed by atoms with E-state index in [4.69, 9.17) is 5.73 Å². The van der Waals surface area contributed by atoms with Crippen molar-refractivity contribution in [2.75, 3.05) is 30.0 Å². The van der Waals surface area contributed by atoms with Crippen molar-refractivity contribution in [1.29, 1.82) is 0 Å². The van der Waals surface area contributed by atoms with Crippen molar-refractivity contribution in [3.63, 3.8) is 0 Å². The van der Waals surface area contributed by atoms with E-state index in [1.54, 1.807) is 6.07 Å². The summed E-state index contributed by atoms with van der Waals surface area (Å²) in [5, 5.41) is 2.81. The van der Waals surface area contributed by atoms with Crippen molar-refractivity contribution in [3.8, 4) is 0 Å². The molecule has 0 unspecified atom stereocenters. The summed E-state index contributed by atoms with van der Waals surface area (Å²) in [4.78, 5) is 18.2. The van der Waals surface area contributed by atoms with Crippen LogP contribution in [-0.2, 0) is 0 Å². The lowest BCUT2D eigenvalue weighted by atomic mass is 10.2. The van der Waals surface area contributed by atoms with E-state index in [1.807, 2.05) is 50.2 Å². The van der Waals surface area contributed by atoms with Crippen LogP contribution in [0.25, 0.3) is 0 Å². The van der Waals surface area contributed by atoms with Crippen LogP contribution in [0.2, 0.25) is 0 Å². The maximum absolute atomic E-state index is 12.1. The first kappa shape index (κ1) is 13.9. The molecule has 1 aromatic carbocycles. The first-order valence-electron chi connectivity index (χ1n) is 6.28. The molecule has 0 aliphatic carbocycles. The fraction of sp³-hybridized carbons (Fsp3) is 0.200. The highest BCUT2D eigenvalue weighted by molar-refractivity contribution is 6.07. The fourth-order valence-corrected chi connectivity index (χ4v) is 1.81. The van der Waals surface area contributed by atoms with Gasteiger partial charge in [0.1, 0.15) is 0 Å². The zero-order valence-electron chi connectivity index (χ0n) is 11.8. The number of benzene rings is 1. The van der Waals surface area contributed by atoms with Crippen LogP contribution in [0.1, 0.15) is 16.1 Å². The second-order valence-corrected chi connectivity index (χ2v) is 4.81. The molecular formula is C15H18N4O. The maximum atomic E-state index is 12.1. The Morgan fingerprint density at radius 2 is 1.90 bits per heavy atom. The first-order valence-corrected chi connectivity index (χ1v) is 6.28. The summed E-state index contributed by atoms with van der Waals surface area (Å²) in [5.74, 6) is -0.257. The van der Waals surface area contributed by atoms with E-state index in [-0.39, 0.29) is 5.91 Å². The predicted molar refractivity (Wildman–Crippen MR) is 82.1 cm³/mol. The van der Waals surface area contributed by atoms with Crippen LogP contribution in [0, 0.1) is 6.92 Å². The second kappa shape index (κ2) is 5.61. The lowest BCUT2D eigenvalue weighted by Crippen LogP contribution is -2.15. The summed E-state index contributed by atoms with van der Waals surface area (Å²) in [5.41, 5.74) is 9.22. The van der Waals surface area contributed by atoms with E-state index in [9.17, 15) is 4.79 Å². The summed E-state index contributed by atoms with van der Waals surface area (Å²) < 4.78 is 0. The molecule has 2 aromatic rings. The van der Waals surface area contributed by atoms with Crippen molar-refractivity contribution >= 4 is 23.0 Å². The Morgan fingerprint density at radius 3 is 2.45 bits per heavy atom. The number of nitrogen functional groups attached to an aromatic ring is 1. The molecule has 3 N–H and O–H groups in total. The summed E-state index contributed by atoms with van der Waals surface area (Å²) in [7, 11) is 3.93. The van der Waals surface area contributed by atoms with Crippen LogP contribution in [0.3, 0.4) is 0 Å². The molecule has 1 aromatic heterocycles. The normalized spacial score (nSPS) is 10.2. The van der Waals surface area contributed by atoms with Gasteiger partial charge in [0.05, 0.1) is 5.56 Å². The summed E-state index contributed by atoms with van der Waals surface area (Å²) in [6.07, 6.45) is 1.49. The molecule has 2 rings (SSSR count). The van der Waals surface area contributed by atoms with Gasteiger partial charge in [-0.1, -0.05) is 0 Å². The van der Waals surface area contributed by atoms with Crippen molar-refractivity contribution in [2.45, 2.75) is 6.92 Å². The van der Waals surface area contributed by atoms with Gasteiger partial charge in [-0.3, -0.25) is 9.78 Å². The van der Waals surface area contributed by atoms with Crippen LogP contribution < -0.4 is 16.0 Å². The van der Waals surface area contributed by atoms with E-state index >= 15 is 0 Å². The number of nitrogens with one attached hydrogen (secondary N) is 1. The fourth-order valence-electron chi connectivity index (χ4n) is 1.81. The molecule has 0 aliphatic rings. The largest absolute Gasteiger partial charge is 0.398 e. The Kier molecular flexibility index (Phi) is 3.89. The van der Waals surface area contributed by atoms with Crippen LogP contribution in [-0.4, -0.2) is 25.0 Å². The molecule has 1 heterocycles. The molecule has 0 fully saturated rings. The maximum Gasteiger partial charge on any atom is 0.259 e. The molecule has 5 nitrogen and oxygen atoms in total. The van der Waals surface area contributed by atoms with Gasteiger partial charge in [-0.05, 0) is 37.3 Å². The molecule has 5 heteroatoms. The number of aromatic nitrogens is 1. The quantitative estimate of drug-likeness (QED) is 0.897. The first-order chi connectivity index (χ1) is 9.47. The molecule has 0 aliphatic heterocycles. The third-order valence-corrected chi connectivity index (χ3v) is 2.96. The molecule has 20 heavy (non-hydrogen) atoms. The SMILES string of the molecule is Cc1cc(N)c(C(=O)Nc2ccc(N(C)C)cc2)cn1. The Balaban J connectivity index is 2.15. The van der Waals surface area contributed by atoms with Gasteiger partial charge in [-0.15, -0.1) is 0 Å². The molecule has 0 spiro atoms. The lowest BCUT2D eigenvalue weighted by Gasteiger charge is -2.13. The number of anilines is 3. The molecule has 1 amide bonds. The van der Waals surface area contributed by atoms with Gasteiger partial charge >= 0.3 is 0 Å². The number of nitrogens with zero attached hydrogens (tertiary/aromatic N) is 2. The summed E-state index contributed by atoms with van der Waals surface area (Å²) in [6, 6.07) is 9.26. The third-order valence-electron chi connectivity index (χ3n) is 2.96. The molecule has 104 valence electrons. The van der Waals surface area contributed by atoms with E-state index in [0.717, 1.165) is 17.1 Å². The van der Waals surface area contributed by atoms with Crippen LogP contribution in [0.5, 0.6) is 0 Å². The Labute approximate surface area is 118 Å². The van der Waals surface area contributed by atoms with Gasteiger partial charge in [0.25, 0.3) is 5.91 Å². The monoisotopic (exact) mass is 270 g/mol. The smallest absolute Gasteiger partial charge is 0.259 e. The van der Waals surface area contributed by atoms with Crippen LogP contribution >= 0.6 is 0 Å². The number of nitrogens with two attached hydrogens (primary N) is 1. The van der Waals surface area contributed by atoms with E-state index in [1.165, 1.54) is 6.20 Å². The third kappa shape index (κ3) is 3.06. The molecule has 0 radical (unpaired) electrons. The van der Waals surface area contributed by atoms with Crippen molar-refractivity contribution in [2.24, 2.45) is 0 Å². The van der Waals surface area contributed by atoms with Crippen LogP contribution in [0.15, 0.2) is 36.5 Å². The highest BCUT2D eigenvalue weighted by atomic mass is 16.1. The van der Waals surface area contributed by atoms with Crippen molar-refractivity contribution in [1.82, 2.24) is 4.98 Å². The standard InChI is InChI=1S/C15H18N4O/c1-10-8-14(16)13(9-17-10)15(20)18-11-4-6-12(7-5-11)19(2)3/h4-9H,1-3H3,(H2,16,17)(H,18,20). The number of carbonyl (C=O) groups is 1. The molecule has 0 bridgehead atoms. The minimum absolute atomic E-state index is 0.257.